The Morgan fingerprint density at radius 3 is 2.79 bits per heavy atom. The molecule has 102 valence electrons. The van der Waals surface area contributed by atoms with E-state index in [1.54, 1.807) is 19.2 Å². The van der Waals surface area contributed by atoms with Crippen molar-refractivity contribution in [1.82, 2.24) is 15.1 Å². The first-order valence-electron chi connectivity index (χ1n) is 5.81. The van der Waals surface area contributed by atoms with Crippen LogP contribution in [0.3, 0.4) is 0 Å². The fourth-order valence-corrected chi connectivity index (χ4v) is 1.98. The maximum Gasteiger partial charge on any atom is 0.310 e. The average Bonchev–Trinajstić information content (AvgIpc) is 2.95. The lowest BCUT2D eigenvalue weighted by Crippen LogP contribution is -2.33. The molecule has 0 saturated carbocycles. The van der Waals surface area contributed by atoms with Gasteiger partial charge >= 0.3 is 5.97 Å². The van der Waals surface area contributed by atoms with Gasteiger partial charge in [0.1, 0.15) is 0 Å². The van der Waals surface area contributed by atoms with Gasteiger partial charge in [-0.3, -0.25) is 9.59 Å². The summed E-state index contributed by atoms with van der Waals surface area (Å²) in [6, 6.07) is 1.25. The van der Waals surface area contributed by atoms with Gasteiger partial charge in [0.25, 0.3) is 5.91 Å². The number of carboxylic acids is 1. The van der Waals surface area contributed by atoms with Crippen molar-refractivity contribution in [2.75, 3.05) is 7.11 Å². The van der Waals surface area contributed by atoms with Gasteiger partial charge in [-0.15, -0.1) is 0 Å². The third kappa shape index (κ3) is 2.75. The molecule has 0 saturated heterocycles. The first kappa shape index (κ1) is 13.1. The lowest BCUT2D eigenvalue weighted by molar-refractivity contribution is -0.140. The highest BCUT2D eigenvalue weighted by Gasteiger charge is 2.26. The van der Waals surface area contributed by atoms with Gasteiger partial charge in [-0.1, -0.05) is 12.2 Å². The minimum Gasteiger partial charge on any atom is -0.481 e. The number of nitrogens with one attached hydrogen (secondary N) is 1. The van der Waals surface area contributed by atoms with Crippen LogP contribution >= 0.6 is 0 Å². The SMILES string of the molecule is COc1cc(C(=O)NC2C=CC(C(=O)O)C2)nn1C. The minimum atomic E-state index is -0.882. The van der Waals surface area contributed by atoms with E-state index in [0.717, 1.165) is 0 Å². The monoisotopic (exact) mass is 265 g/mol. The highest BCUT2D eigenvalue weighted by Crippen LogP contribution is 2.18. The van der Waals surface area contributed by atoms with Gasteiger partial charge in [-0.25, -0.2) is 4.68 Å². The zero-order valence-corrected chi connectivity index (χ0v) is 10.7. The van der Waals surface area contributed by atoms with Crippen LogP contribution in [0.2, 0.25) is 0 Å². The lowest BCUT2D eigenvalue weighted by Gasteiger charge is -2.10. The number of ether oxygens (including phenoxy) is 1. The van der Waals surface area contributed by atoms with E-state index < -0.39 is 11.9 Å². The van der Waals surface area contributed by atoms with Crippen molar-refractivity contribution in [3.8, 4) is 5.88 Å². The molecule has 1 heterocycles. The molecule has 19 heavy (non-hydrogen) atoms. The second-order valence-corrected chi connectivity index (χ2v) is 4.34. The predicted octanol–water partition coefficient (Wildman–Crippen LogP) is 0.188. The Kier molecular flexibility index (Phi) is 3.55. The summed E-state index contributed by atoms with van der Waals surface area (Å²) in [5.74, 6) is -1.29. The average molecular weight is 265 g/mol. The van der Waals surface area contributed by atoms with E-state index in [4.69, 9.17) is 9.84 Å². The molecule has 0 fully saturated rings. The molecular weight excluding hydrogens is 250 g/mol. The second-order valence-electron chi connectivity index (χ2n) is 4.34. The molecule has 0 aliphatic heterocycles. The van der Waals surface area contributed by atoms with E-state index >= 15 is 0 Å². The normalized spacial score (nSPS) is 21.4. The van der Waals surface area contributed by atoms with E-state index in [0.29, 0.717) is 12.3 Å². The molecule has 2 rings (SSSR count). The summed E-state index contributed by atoms with van der Waals surface area (Å²) in [4.78, 5) is 22.7. The molecule has 1 amide bonds. The fourth-order valence-electron chi connectivity index (χ4n) is 1.98. The van der Waals surface area contributed by atoms with Crippen molar-refractivity contribution in [3.63, 3.8) is 0 Å². The molecule has 1 aliphatic carbocycles. The predicted molar refractivity (Wildman–Crippen MR) is 65.9 cm³/mol. The highest BCUT2D eigenvalue weighted by atomic mass is 16.5. The molecule has 0 spiro atoms. The number of amides is 1. The van der Waals surface area contributed by atoms with Gasteiger partial charge in [0.2, 0.25) is 5.88 Å². The van der Waals surface area contributed by atoms with Gasteiger partial charge in [0, 0.05) is 19.2 Å². The van der Waals surface area contributed by atoms with E-state index in [-0.39, 0.29) is 17.6 Å². The summed E-state index contributed by atoms with van der Waals surface area (Å²) in [6.07, 6.45) is 3.65. The van der Waals surface area contributed by atoms with Crippen molar-refractivity contribution < 1.29 is 19.4 Å². The number of nitrogens with zero attached hydrogens (tertiary/aromatic N) is 2. The number of aryl methyl sites for hydroxylation is 1. The Labute approximate surface area is 109 Å². The smallest absolute Gasteiger partial charge is 0.310 e. The minimum absolute atomic E-state index is 0.242. The van der Waals surface area contributed by atoms with Crippen LogP contribution in [0.5, 0.6) is 5.88 Å². The highest BCUT2D eigenvalue weighted by molar-refractivity contribution is 5.93. The summed E-state index contributed by atoms with van der Waals surface area (Å²) < 4.78 is 6.48. The van der Waals surface area contributed by atoms with Crippen LogP contribution in [0.25, 0.3) is 0 Å². The van der Waals surface area contributed by atoms with Crippen molar-refractivity contribution in [3.05, 3.63) is 23.9 Å². The van der Waals surface area contributed by atoms with Crippen LogP contribution in [0.4, 0.5) is 0 Å². The molecule has 0 aromatic carbocycles. The van der Waals surface area contributed by atoms with Crippen LogP contribution in [-0.4, -0.2) is 39.9 Å². The number of hydrogen-bond acceptors (Lipinski definition) is 4. The van der Waals surface area contributed by atoms with Crippen LogP contribution in [0.15, 0.2) is 18.2 Å². The molecule has 2 N–H and O–H groups in total. The first-order chi connectivity index (χ1) is 9.01. The fraction of sp³-hybridized carbons (Fsp3) is 0.417. The van der Waals surface area contributed by atoms with Gasteiger partial charge in [0.15, 0.2) is 5.69 Å². The maximum absolute atomic E-state index is 11.9. The molecule has 1 aliphatic rings. The molecular formula is C12H15N3O4. The Morgan fingerprint density at radius 2 is 2.26 bits per heavy atom. The van der Waals surface area contributed by atoms with Crippen molar-refractivity contribution in [2.24, 2.45) is 13.0 Å². The Balaban J connectivity index is 1.98. The second kappa shape index (κ2) is 5.13. The topological polar surface area (TPSA) is 93.4 Å². The molecule has 1 aromatic rings. The Morgan fingerprint density at radius 1 is 1.53 bits per heavy atom. The largest absolute Gasteiger partial charge is 0.481 e. The summed E-state index contributed by atoms with van der Waals surface area (Å²) in [5, 5.41) is 15.6. The molecule has 2 atom stereocenters. The molecule has 2 unspecified atom stereocenters. The summed E-state index contributed by atoms with van der Waals surface area (Å²) in [5.41, 5.74) is 0.242. The number of carbonyl (C=O) groups is 2. The van der Waals surface area contributed by atoms with Crippen molar-refractivity contribution in [2.45, 2.75) is 12.5 Å². The van der Waals surface area contributed by atoms with Crippen molar-refractivity contribution in [1.29, 1.82) is 0 Å². The van der Waals surface area contributed by atoms with Gasteiger partial charge in [0.05, 0.1) is 13.0 Å². The Bertz CT molecular complexity index is 535. The van der Waals surface area contributed by atoms with Crippen LogP contribution < -0.4 is 10.1 Å². The third-order valence-corrected chi connectivity index (χ3v) is 3.00. The molecule has 1 aromatic heterocycles. The summed E-state index contributed by atoms with van der Waals surface area (Å²) in [6.45, 7) is 0. The van der Waals surface area contributed by atoms with E-state index in [1.807, 2.05) is 0 Å². The molecule has 0 bridgehead atoms. The number of hydrogen-bond donors (Lipinski definition) is 2. The van der Waals surface area contributed by atoms with Crippen LogP contribution in [-0.2, 0) is 11.8 Å². The number of aliphatic carboxylic acids is 1. The maximum atomic E-state index is 11.9. The molecule has 7 nitrogen and oxygen atoms in total. The van der Waals surface area contributed by atoms with Crippen LogP contribution in [0.1, 0.15) is 16.9 Å². The number of methoxy groups -OCH3 is 1. The zero-order chi connectivity index (χ0) is 14.0. The third-order valence-electron chi connectivity index (χ3n) is 3.00. The lowest BCUT2D eigenvalue weighted by atomic mass is 10.1. The number of aromatic nitrogens is 2. The molecule has 7 heteroatoms. The van der Waals surface area contributed by atoms with Gasteiger partial charge in [-0.2, -0.15) is 5.10 Å². The standard InChI is InChI=1S/C12H15N3O4/c1-15-10(19-2)6-9(14-15)11(16)13-8-4-3-7(5-8)12(17)18/h3-4,6-8H,5H2,1-2H3,(H,13,16)(H,17,18). The van der Waals surface area contributed by atoms with Crippen molar-refractivity contribution >= 4 is 11.9 Å². The first-order valence-corrected chi connectivity index (χ1v) is 5.81. The molecule has 0 radical (unpaired) electrons. The van der Waals surface area contributed by atoms with E-state index in [9.17, 15) is 9.59 Å². The summed E-state index contributed by atoms with van der Waals surface area (Å²) >= 11 is 0. The Hall–Kier alpha value is -2.31. The van der Waals surface area contributed by atoms with E-state index in [1.165, 1.54) is 17.9 Å². The summed E-state index contributed by atoms with van der Waals surface area (Å²) in [7, 11) is 3.17. The number of carboxylic acid groups (broad SMARTS) is 1. The van der Waals surface area contributed by atoms with Crippen LogP contribution in [0, 0.1) is 5.92 Å². The quantitative estimate of drug-likeness (QED) is 0.758. The number of carbonyl (C=O) groups excluding carboxylic acids is 1. The van der Waals surface area contributed by atoms with E-state index in [2.05, 4.69) is 10.4 Å². The van der Waals surface area contributed by atoms with Gasteiger partial charge < -0.3 is 15.2 Å². The zero-order valence-electron chi connectivity index (χ0n) is 10.7. The number of rotatable bonds is 4. The van der Waals surface area contributed by atoms with Gasteiger partial charge in [-0.05, 0) is 6.42 Å².